The summed E-state index contributed by atoms with van der Waals surface area (Å²) in [5, 5.41) is 12.3. The summed E-state index contributed by atoms with van der Waals surface area (Å²) in [5.74, 6) is 1.94. The molecule has 0 amide bonds. The zero-order valence-corrected chi connectivity index (χ0v) is 9.76. The van der Waals surface area contributed by atoms with Gasteiger partial charge in [-0.3, -0.25) is 5.32 Å². The van der Waals surface area contributed by atoms with E-state index in [0.29, 0.717) is 12.1 Å². The molecular weight excluding hydrogens is 208 g/mol. The Kier molecular flexibility index (Phi) is 4.30. The standard InChI is InChI=1S/C11H18N2OS/c12-6-10(13-9-3-4-9)7-15-8-11-2-1-5-14-11/h9-11,13H,1-5,7-8H2. The third kappa shape index (κ3) is 4.02. The summed E-state index contributed by atoms with van der Waals surface area (Å²) < 4.78 is 5.54. The van der Waals surface area contributed by atoms with Crippen LogP contribution in [0.15, 0.2) is 0 Å². The molecule has 0 aromatic rings. The zero-order chi connectivity index (χ0) is 10.5. The Hall–Kier alpha value is -0.240. The number of rotatable bonds is 6. The van der Waals surface area contributed by atoms with Crippen molar-refractivity contribution in [2.24, 2.45) is 0 Å². The predicted octanol–water partition coefficient (Wildman–Crippen LogP) is 1.54. The largest absolute Gasteiger partial charge is 0.377 e. The molecule has 15 heavy (non-hydrogen) atoms. The van der Waals surface area contributed by atoms with Gasteiger partial charge in [-0.05, 0) is 25.7 Å². The van der Waals surface area contributed by atoms with Crippen LogP contribution >= 0.6 is 11.8 Å². The summed E-state index contributed by atoms with van der Waals surface area (Å²) >= 11 is 1.84. The van der Waals surface area contributed by atoms with Gasteiger partial charge in [0.05, 0.1) is 12.2 Å². The van der Waals surface area contributed by atoms with Crippen LogP contribution in [-0.4, -0.2) is 36.3 Å². The molecule has 0 radical (unpaired) electrons. The van der Waals surface area contributed by atoms with Crippen molar-refractivity contribution in [1.29, 1.82) is 5.26 Å². The van der Waals surface area contributed by atoms with Crippen LogP contribution in [-0.2, 0) is 4.74 Å². The van der Waals surface area contributed by atoms with Crippen LogP contribution in [0.2, 0.25) is 0 Å². The molecule has 2 aliphatic rings. The fourth-order valence-corrected chi connectivity index (χ4v) is 2.82. The molecule has 1 aliphatic heterocycles. The first-order valence-corrected chi connectivity index (χ1v) is 6.89. The molecule has 2 atom stereocenters. The van der Waals surface area contributed by atoms with Crippen LogP contribution in [0.25, 0.3) is 0 Å². The molecule has 2 rings (SSSR count). The molecular formula is C11H18N2OS. The quantitative estimate of drug-likeness (QED) is 0.746. The third-order valence-corrected chi connectivity index (χ3v) is 3.96. The average molecular weight is 226 g/mol. The van der Waals surface area contributed by atoms with E-state index in [1.807, 2.05) is 11.8 Å². The number of nitrogens with zero attached hydrogens (tertiary/aromatic N) is 1. The van der Waals surface area contributed by atoms with E-state index in [2.05, 4.69) is 11.4 Å². The van der Waals surface area contributed by atoms with Gasteiger partial charge in [0.25, 0.3) is 0 Å². The maximum Gasteiger partial charge on any atom is 0.105 e. The second-order valence-electron chi connectivity index (χ2n) is 4.30. The molecule has 1 aliphatic carbocycles. The van der Waals surface area contributed by atoms with Gasteiger partial charge in [-0.1, -0.05) is 0 Å². The SMILES string of the molecule is N#CC(CSCC1CCCO1)NC1CC1. The highest BCUT2D eigenvalue weighted by molar-refractivity contribution is 7.99. The maximum atomic E-state index is 8.94. The van der Waals surface area contributed by atoms with Crippen molar-refractivity contribution in [3.05, 3.63) is 0 Å². The van der Waals surface area contributed by atoms with Gasteiger partial charge >= 0.3 is 0 Å². The van der Waals surface area contributed by atoms with Crippen molar-refractivity contribution < 1.29 is 4.74 Å². The van der Waals surface area contributed by atoms with E-state index in [4.69, 9.17) is 10.00 Å². The van der Waals surface area contributed by atoms with Crippen molar-refractivity contribution in [2.75, 3.05) is 18.1 Å². The topological polar surface area (TPSA) is 45.0 Å². The fraction of sp³-hybridized carbons (Fsp3) is 0.909. The Labute approximate surface area is 95.6 Å². The van der Waals surface area contributed by atoms with E-state index in [9.17, 15) is 0 Å². The molecule has 0 spiro atoms. The van der Waals surface area contributed by atoms with Gasteiger partial charge in [0, 0.05) is 24.2 Å². The highest BCUT2D eigenvalue weighted by Crippen LogP contribution is 2.21. The number of nitriles is 1. The first-order chi connectivity index (χ1) is 7.38. The minimum absolute atomic E-state index is 0.0314. The van der Waals surface area contributed by atoms with E-state index >= 15 is 0 Å². The molecule has 0 aromatic heterocycles. The van der Waals surface area contributed by atoms with E-state index in [1.54, 1.807) is 0 Å². The molecule has 1 saturated heterocycles. The number of ether oxygens (including phenoxy) is 1. The molecule has 3 nitrogen and oxygen atoms in total. The fourth-order valence-electron chi connectivity index (χ4n) is 1.75. The van der Waals surface area contributed by atoms with Crippen LogP contribution < -0.4 is 5.32 Å². The first-order valence-electron chi connectivity index (χ1n) is 5.73. The molecule has 1 N–H and O–H groups in total. The summed E-state index contributed by atoms with van der Waals surface area (Å²) in [7, 11) is 0. The van der Waals surface area contributed by atoms with Crippen LogP contribution in [0.5, 0.6) is 0 Å². The van der Waals surface area contributed by atoms with Gasteiger partial charge in [-0.25, -0.2) is 0 Å². The molecule has 84 valence electrons. The van der Waals surface area contributed by atoms with E-state index < -0.39 is 0 Å². The maximum absolute atomic E-state index is 8.94. The summed E-state index contributed by atoms with van der Waals surface area (Å²) in [6.07, 6.45) is 5.33. The lowest BCUT2D eigenvalue weighted by molar-refractivity contribution is 0.129. The Morgan fingerprint density at radius 3 is 2.93 bits per heavy atom. The molecule has 4 heteroatoms. The summed E-state index contributed by atoms with van der Waals surface area (Å²) in [6, 6.07) is 2.98. The Morgan fingerprint density at radius 2 is 2.33 bits per heavy atom. The highest BCUT2D eigenvalue weighted by Gasteiger charge is 2.24. The molecule has 2 fully saturated rings. The Bertz CT molecular complexity index is 231. The smallest absolute Gasteiger partial charge is 0.105 e. The van der Waals surface area contributed by atoms with Crippen molar-refractivity contribution in [3.63, 3.8) is 0 Å². The second kappa shape index (κ2) is 5.74. The van der Waals surface area contributed by atoms with E-state index in [0.717, 1.165) is 18.1 Å². The minimum Gasteiger partial charge on any atom is -0.377 e. The van der Waals surface area contributed by atoms with Crippen LogP contribution in [0.4, 0.5) is 0 Å². The predicted molar refractivity (Wildman–Crippen MR) is 61.9 cm³/mol. The lowest BCUT2D eigenvalue weighted by Gasteiger charge is -2.12. The second-order valence-corrected chi connectivity index (χ2v) is 5.37. The first kappa shape index (κ1) is 11.3. The molecule has 1 heterocycles. The van der Waals surface area contributed by atoms with Gasteiger partial charge in [0.2, 0.25) is 0 Å². The monoisotopic (exact) mass is 226 g/mol. The van der Waals surface area contributed by atoms with Crippen molar-refractivity contribution >= 4 is 11.8 Å². The molecule has 0 bridgehead atoms. The van der Waals surface area contributed by atoms with E-state index in [-0.39, 0.29) is 6.04 Å². The highest BCUT2D eigenvalue weighted by atomic mass is 32.2. The summed E-state index contributed by atoms with van der Waals surface area (Å²) in [6.45, 7) is 0.924. The van der Waals surface area contributed by atoms with Crippen LogP contribution in [0, 0.1) is 11.3 Å². The Morgan fingerprint density at radius 1 is 1.47 bits per heavy atom. The molecule has 1 saturated carbocycles. The van der Waals surface area contributed by atoms with Gasteiger partial charge in [0.1, 0.15) is 6.04 Å². The molecule has 0 aromatic carbocycles. The number of thioether (sulfide) groups is 1. The van der Waals surface area contributed by atoms with Crippen LogP contribution in [0.1, 0.15) is 25.7 Å². The summed E-state index contributed by atoms with van der Waals surface area (Å²) in [4.78, 5) is 0. The Balaban J connectivity index is 1.56. The van der Waals surface area contributed by atoms with Gasteiger partial charge in [-0.2, -0.15) is 17.0 Å². The van der Waals surface area contributed by atoms with Crippen molar-refractivity contribution in [3.8, 4) is 6.07 Å². The third-order valence-electron chi connectivity index (χ3n) is 2.78. The number of hydrogen-bond donors (Lipinski definition) is 1. The van der Waals surface area contributed by atoms with Crippen molar-refractivity contribution in [2.45, 2.75) is 43.9 Å². The number of nitrogens with one attached hydrogen (secondary N) is 1. The number of hydrogen-bond acceptors (Lipinski definition) is 4. The van der Waals surface area contributed by atoms with Crippen molar-refractivity contribution in [1.82, 2.24) is 5.32 Å². The van der Waals surface area contributed by atoms with E-state index in [1.165, 1.54) is 25.7 Å². The van der Waals surface area contributed by atoms with Gasteiger partial charge in [-0.15, -0.1) is 0 Å². The lowest BCUT2D eigenvalue weighted by atomic mass is 10.3. The molecule has 2 unspecified atom stereocenters. The van der Waals surface area contributed by atoms with Gasteiger partial charge < -0.3 is 4.74 Å². The normalized spacial score (nSPS) is 27.5. The lowest BCUT2D eigenvalue weighted by Crippen LogP contribution is -2.32. The van der Waals surface area contributed by atoms with Crippen LogP contribution in [0.3, 0.4) is 0 Å². The minimum atomic E-state index is 0.0314. The van der Waals surface area contributed by atoms with Gasteiger partial charge in [0.15, 0.2) is 0 Å². The zero-order valence-electron chi connectivity index (χ0n) is 8.95. The average Bonchev–Trinajstić information content (AvgIpc) is 2.91. The summed E-state index contributed by atoms with van der Waals surface area (Å²) in [5.41, 5.74) is 0.